The lowest BCUT2D eigenvalue weighted by molar-refractivity contribution is -0.132. The van der Waals surface area contributed by atoms with Crippen LogP contribution in [0.1, 0.15) is 38.7 Å². The number of benzene rings is 1. The maximum atomic E-state index is 11.6. The van der Waals surface area contributed by atoms with Gasteiger partial charge in [0, 0.05) is 26.4 Å². The third-order valence-corrected chi connectivity index (χ3v) is 4.03. The van der Waals surface area contributed by atoms with Crippen molar-refractivity contribution in [3.63, 3.8) is 0 Å². The van der Waals surface area contributed by atoms with Crippen molar-refractivity contribution in [2.45, 2.75) is 45.6 Å². The minimum atomic E-state index is -0.367. The SMILES string of the molecule is COc1cc(CC[C@H]2CCCN2C(C)=O)ccc1OC(C)=O. The van der Waals surface area contributed by atoms with E-state index in [-0.39, 0.29) is 11.9 Å². The summed E-state index contributed by atoms with van der Waals surface area (Å²) in [6.45, 7) is 3.87. The predicted molar refractivity (Wildman–Crippen MR) is 83.0 cm³/mol. The van der Waals surface area contributed by atoms with Gasteiger partial charge in [0.2, 0.25) is 5.91 Å². The summed E-state index contributed by atoms with van der Waals surface area (Å²) in [7, 11) is 1.56. The van der Waals surface area contributed by atoms with E-state index in [1.54, 1.807) is 20.1 Å². The summed E-state index contributed by atoms with van der Waals surface area (Å²) in [5, 5.41) is 0. The van der Waals surface area contributed by atoms with Gasteiger partial charge in [0.05, 0.1) is 7.11 Å². The number of rotatable bonds is 5. The van der Waals surface area contributed by atoms with Gasteiger partial charge in [0.1, 0.15) is 0 Å². The fraction of sp³-hybridized carbons (Fsp3) is 0.529. The first kappa shape index (κ1) is 16.3. The summed E-state index contributed by atoms with van der Waals surface area (Å²) < 4.78 is 10.4. The second-order valence-electron chi connectivity index (χ2n) is 5.63. The second-order valence-corrected chi connectivity index (χ2v) is 5.63. The number of hydrogen-bond donors (Lipinski definition) is 0. The maximum Gasteiger partial charge on any atom is 0.308 e. The van der Waals surface area contributed by atoms with Gasteiger partial charge in [-0.05, 0) is 43.4 Å². The van der Waals surface area contributed by atoms with E-state index in [0.29, 0.717) is 17.5 Å². The molecule has 1 saturated heterocycles. The quantitative estimate of drug-likeness (QED) is 0.620. The number of esters is 1. The van der Waals surface area contributed by atoms with Crippen LogP contribution < -0.4 is 9.47 Å². The molecular weight excluding hydrogens is 282 g/mol. The van der Waals surface area contributed by atoms with Crippen molar-refractivity contribution in [2.24, 2.45) is 0 Å². The fourth-order valence-electron chi connectivity index (χ4n) is 2.99. The third-order valence-electron chi connectivity index (χ3n) is 4.03. The van der Waals surface area contributed by atoms with Gasteiger partial charge in [0.15, 0.2) is 11.5 Å². The van der Waals surface area contributed by atoms with Crippen molar-refractivity contribution in [3.05, 3.63) is 23.8 Å². The van der Waals surface area contributed by atoms with Crippen LogP contribution in [-0.2, 0) is 16.0 Å². The zero-order valence-corrected chi connectivity index (χ0v) is 13.4. The number of carbonyl (C=O) groups is 2. The Labute approximate surface area is 131 Å². The van der Waals surface area contributed by atoms with Crippen LogP contribution in [-0.4, -0.2) is 36.5 Å². The third kappa shape index (κ3) is 4.00. The standard InChI is InChI=1S/C17H23NO4/c1-12(19)18-10-4-5-15(18)8-6-14-7-9-16(22-13(2)20)17(11-14)21-3/h7,9,11,15H,4-6,8,10H2,1-3H3/t15-/m1/s1. The Kier molecular flexibility index (Phi) is 5.41. The molecule has 0 radical (unpaired) electrons. The first-order valence-electron chi connectivity index (χ1n) is 7.63. The number of carbonyl (C=O) groups excluding carboxylic acids is 2. The number of amides is 1. The van der Waals surface area contributed by atoms with E-state index in [2.05, 4.69) is 0 Å². The van der Waals surface area contributed by atoms with Gasteiger partial charge in [-0.25, -0.2) is 0 Å². The summed E-state index contributed by atoms with van der Waals surface area (Å²) in [6, 6.07) is 5.92. The van der Waals surface area contributed by atoms with Crippen LogP contribution in [0.4, 0.5) is 0 Å². The molecule has 0 N–H and O–H groups in total. The Bertz CT molecular complexity index is 556. The number of aryl methyl sites for hydroxylation is 1. The van der Waals surface area contributed by atoms with E-state index in [4.69, 9.17) is 9.47 Å². The van der Waals surface area contributed by atoms with E-state index >= 15 is 0 Å². The summed E-state index contributed by atoms with van der Waals surface area (Å²) in [5.41, 5.74) is 1.11. The molecule has 0 unspecified atom stereocenters. The molecule has 0 aromatic heterocycles. The molecular formula is C17H23NO4. The number of likely N-dealkylation sites (tertiary alicyclic amines) is 1. The van der Waals surface area contributed by atoms with Crippen LogP contribution in [0.15, 0.2) is 18.2 Å². The highest BCUT2D eigenvalue weighted by Gasteiger charge is 2.25. The van der Waals surface area contributed by atoms with Crippen LogP contribution >= 0.6 is 0 Å². The second kappa shape index (κ2) is 7.29. The first-order chi connectivity index (χ1) is 10.5. The van der Waals surface area contributed by atoms with Gasteiger partial charge in [-0.1, -0.05) is 6.07 Å². The first-order valence-corrected chi connectivity index (χ1v) is 7.63. The number of nitrogens with zero attached hydrogens (tertiary/aromatic N) is 1. The van der Waals surface area contributed by atoms with Crippen molar-refractivity contribution in [1.29, 1.82) is 0 Å². The number of methoxy groups -OCH3 is 1. The minimum absolute atomic E-state index is 0.158. The van der Waals surface area contributed by atoms with Crippen molar-refractivity contribution < 1.29 is 19.1 Å². The Morgan fingerprint density at radius 1 is 1.27 bits per heavy atom. The molecule has 0 bridgehead atoms. The highest BCUT2D eigenvalue weighted by Crippen LogP contribution is 2.29. The van der Waals surface area contributed by atoms with Gasteiger partial charge >= 0.3 is 5.97 Å². The topological polar surface area (TPSA) is 55.8 Å². The molecule has 5 nitrogen and oxygen atoms in total. The smallest absolute Gasteiger partial charge is 0.308 e. The molecule has 2 rings (SSSR count). The summed E-state index contributed by atoms with van der Waals surface area (Å²) >= 11 is 0. The molecule has 1 fully saturated rings. The Balaban J connectivity index is 2.01. The molecule has 120 valence electrons. The van der Waals surface area contributed by atoms with Crippen molar-refractivity contribution in [2.75, 3.05) is 13.7 Å². The molecule has 1 heterocycles. The fourth-order valence-corrected chi connectivity index (χ4v) is 2.99. The van der Waals surface area contributed by atoms with Gasteiger partial charge in [-0.15, -0.1) is 0 Å². The molecule has 1 amide bonds. The van der Waals surface area contributed by atoms with Gasteiger partial charge in [-0.3, -0.25) is 9.59 Å². The lowest BCUT2D eigenvalue weighted by Gasteiger charge is -2.23. The van der Waals surface area contributed by atoms with E-state index < -0.39 is 0 Å². The monoisotopic (exact) mass is 305 g/mol. The molecule has 1 aromatic carbocycles. The molecule has 0 spiro atoms. The molecule has 5 heteroatoms. The number of ether oxygens (including phenoxy) is 2. The average molecular weight is 305 g/mol. The maximum absolute atomic E-state index is 11.6. The van der Waals surface area contributed by atoms with Crippen LogP contribution in [0.25, 0.3) is 0 Å². The van der Waals surface area contributed by atoms with E-state index in [0.717, 1.165) is 37.8 Å². The molecule has 1 atom stereocenters. The zero-order chi connectivity index (χ0) is 16.1. The van der Waals surface area contributed by atoms with Crippen molar-refractivity contribution in [3.8, 4) is 11.5 Å². The average Bonchev–Trinajstić information content (AvgIpc) is 2.94. The van der Waals surface area contributed by atoms with E-state index in [9.17, 15) is 9.59 Å². The van der Waals surface area contributed by atoms with Crippen molar-refractivity contribution in [1.82, 2.24) is 4.90 Å². The Morgan fingerprint density at radius 2 is 2.05 bits per heavy atom. The summed E-state index contributed by atoms with van der Waals surface area (Å²) in [5.74, 6) is 0.784. The van der Waals surface area contributed by atoms with E-state index in [1.165, 1.54) is 6.92 Å². The lowest BCUT2D eigenvalue weighted by Crippen LogP contribution is -2.33. The molecule has 1 aliphatic rings. The van der Waals surface area contributed by atoms with Crippen LogP contribution in [0, 0.1) is 0 Å². The van der Waals surface area contributed by atoms with Crippen LogP contribution in [0.5, 0.6) is 11.5 Å². The Hall–Kier alpha value is -2.04. The highest BCUT2D eigenvalue weighted by atomic mass is 16.6. The van der Waals surface area contributed by atoms with Gasteiger partial charge < -0.3 is 14.4 Å². The minimum Gasteiger partial charge on any atom is -0.493 e. The Morgan fingerprint density at radius 3 is 2.68 bits per heavy atom. The summed E-state index contributed by atoms with van der Waals surface area (Å²) in [4.78, 5) is 24.6. The van der Waals surface area contributed by atoms with Crippen molar-refractivity contribution >= 4 is 11.9 Å². The van der Waals surface area contributed by atoms with Crippen LogP contribution in [0.3, 0.4) is 0 Å². The molecule has 0 saturated carbocycles. The highest BCUT2D eigenvalue weighted by molar-refractivity contribution is 5.73. The van der Waals surface area contributed by atoms with Gasteiger partial charge in [-0.2, -0.15) is 0 Å². The van der Waals surface area contributed by atoms with Gasteiger partial charge in [0.25, 0.3) is 0 Å². The zero-order valence-electron chi connectivity index (χ0n) is 13.4. The molecule has 1 aromatic rings. The molecule has 0 aliphatic carbocycles. The number of hydrogen-bond acceptors (Lipinski definition) is 4. The summed E-state index contributed by atoms with van der Waals surface area (Å²) in [6.07, 6.45) is 3.96. The lowest BCUT2D eigenvalue weighted by atomic mass is 10.0. The normalized spacial score (nSPS) is 17.4. The van der Waals surface area contributed by atoms with E-state index in [1.807, 2.05) is 17.0 Å². The predicted octanol–water partition coefficient (Wildman–Crippen LogP) is 2.56. The molecule has 1 aliphatic heterocycles. The largest absolute Gasteiger partial charge is 0.493 e. The molecule has 22 heavy (non-hydrogen) atoms. The van der Waals surface area contributed by atoms with Crippen LogP contribution in [0.2, 0.25) is 0 Å².